The van der Waals surface area contributed by atoms with Gasteiger partial charge in [-0.25, -0.2) is 9.69 Å². The highest BCUT2D eigenvalue weighted by atomic mass is 16.7. The third-order valence-electron chi connectivity index (χ3n) is 6.16. The summed E-state index contributed by atoms with van der Waals surface area (Å²) in [5.74, 6) is -0.960. The Bertz CT molecular complexity index is 1540. The smallest absolute Gasteiger partial charge is 0.338 e. The molecule has 0 aliphatic carbocycles. The topological polar surface area (TPSA) is 99.2 Å². The van der Waals surface area contributed by atoms with Gasteiger partial charge in [0.25, 0.3) is 11.8 Å². The van der Waals surface area contributed by atoms with Gasteiger partial charge in [-0.2, -0.15) is 0 Å². The van der Waals surface area contributed by atoms with Gasteiger partial charge >= 0.3 is 5.97 Å². The number of carbonyl (C=O) groups excluding carboxylic acids is 4. The molecule has 0 aromatic heterocycles. The number of amides is 2. The fourth-order valence-corrected chi connectivity index (χ4v) is 4.38. The molecule has 36 heavy (non-hydrogen) atoms. The molecule has 2 aliphatic heterocycles. The van der Waals surface area contributed by atoms with E-state index in [1.807, 2.05) is 12.1 Å². The van der Waals surface area contributed by atoms with E-state index in [0.717, 1.165) is 10.3 Å². The van der Waals surface area contributed by atoms with Crippen LogP contribution < -0.4 is 14.4 Å². The van der Waals surface area contributed by atoms with Crippen molar-refractivity contribution in [2.24, 2.45) is 0 Å². The number of nitrogens with zero attached hydrogens (tertiary/aromatic N) is 1. The molecule has 8 heteroatoms. The van der Waals surface area contributed by atoms with Crippen molar-refractivity contribution in [1.29, 1.82) is 0 Å². The van der Waals surface area contributed by atoms with Crippen LogP contribution in [0.5, 0.6) is 11.5 Å². The number of hydrogen-bond acceptors (Lipinski definition) is 7. The monoisotopic (exact) mass is 479 g/mol. The summed E-state index contributed by atoms with van der Waals surface area (Å²) < 4.78 is 15.7. The van der Waals surface area contributed by atoms with Crippen molar-refractivity contribution in [2.45, 2.75) is 0 Å². The van der Waals surface area contributed by atoms with E-state index in [0.29, 0.717) is 39.3 Å². The number of hydrogen-bond donors (Lipinski definition) is 0. The van der Waals surface area contributed by atoms with Gasteiger partial charge in [-0.3, -0.25) is 14.4 Å². The van der Waals surface area contributed by atoms with Crippen LogP contribution in [0.2, 0.25) is 0 Å². The predicted octanol–water partition coefficient (Wildman–Crippen LogP) is 4.41. The van der Waals surface area contributed by atoms with Crippen LogP contribution in [0.15, 0.2) is 78.9 Å². The first-order chi connectivity index (χ1) is 17.5. The van der Waals surface area contributed by atoms with E-state index >= 15 is 0 Å². The highest BCUT2D eigenvalue weighted by molar-refractivity contribution is 6.35. The third-order valence-corrected chi connectivity index (χ3v) is 6.16. The molecule has 0 unspecified atom stereocenters. The molecule has 2 amide bonds. The average molecular weight is 479 g/mol. The van der Waals surface area contributed by atoms with E-state index in [1.54, 1.807) is 42.5 Å². The van der Waals surface area contributed by atoms with E-state index < -0.39 is 30.2 Å². The van der Waals surface area contributed by atoms with Gasteiger partial charge in [0.2, 0.25) is 6.79 Å². The number of Topliss-reactive ketones (excluding diaryl/α,β-unsaturated/α-hetero) is 1. The number of imide groups is 1. The van der Waals surface area contributed by atoms with Gasteiger partial charge in [0.15, 0.2) is 23.9 Å². The minimum atomic E-state index is -0.706. The molecule has 176 valence electrons. The van der Waals surface area contributed by atoms with Crippen molar-refractivity contribution in [3.63, 3.8) is 0 Å². The molecule has 4 aromatic carbocycles. The van der Waals surface area contributed by atoms with Crippen LogP contribution in [-0.4, -0.2) is 37.0 Å². The standard InChI is InChI=1S/C28H17NO7/c30-22(18-9-12-23-24(13-18)36-15-35-23)14-34-28(33)17-7-10-19(11-8-17)29-26(31)20-5-1-3-16-4-2-6-21(25(16)20)27(29)32/h1-13H,14-15H2. The molecular weight excluding hydrogens is 462 g/mol. The fraction of sp³-hybridized carbons (Fsp3) is 0.0714. The Balaban J connectivity index is 1.18. The maximum Gasteiger partial charge on any atom is 0.338 e. The van der Waals surface area contributed by atoms with Gasteiger partial charge < -0.3 is 14.2 Å². The van der Waals surface area contributed by atoms with Crippen molar-refractivity contribution in [3.05, 3.63) is 101 Å². The van der Waals surface area contributed by atoms with Crippen LogP contribution in [0, 0.1) is 0 Å². The first-order valence-corrected chi connectivity index (χ1v) is 11.1. The number of anilines is 1. The number of ether oxygens (including phenoxy) is 3. The second-order valence-corrected chi connectivity index (χ2v) is 8.27. The lowest BCUT2D eigenvalue weighted by Crippen LogP contribution is -2.40. The Kier molecular flexibility index (Phi) is 5.00. The second-order valence-electron chi connectivity index (χ2n) is 8.27. The lowest BCUT2D eigenvalue weighted by Gasteiger charge is -2.27. The van der Waals surface area contributed by atoms with E-state index in [1.165, 1.54) is 24.3 Å². The molecule has 8 nitrogen and oxygen atoms in total. The zero-order valence-corrected chi connectivity index (χ0v) is 18.7. The quantitative estimate of drug-likeness (QED) is 0.238. The highest BCUT2D eigenvalue weighted by Crippen LogP contribution is 2.34. The molecule has 0 N–H and O–H groups in total. The van der Waals surface area contributed by atoms with Crippen molar-refractivity contribution < 1.29 is 33.4 Å². The molecule has 0 fully saturated rings. The van der Waals surface area contributed by atoms with E-state index in [4.69, 9.17) is 14.2 Å². The summed E-state index contributed by atoms with van der Waals surface area (Å²) in [5, 5.41) is 1.46. The van der Waals surface area contributed by atoms with Gasteiger partial charge in [0, 0.05) is 22.1 Å². The molecule has 0 atom stereocenters. The Morgan fingerprint density at radius 3 is 2.11 bits per heavy atom. The molecule has 0 saturated carbocycles. The molecule has 4 aromatic rings. The summed E-state index contributed by atoms with van der Waals surface area (Å²) in [6.07, 6.45) is 0. The molecule has 0 bridgehead atoms. The normalized spacial score (nSPS) is 13.7. The number of rotatable bonds is 5. The van der Waals surface area contributed by atoms with Gasteiger partial charge in [-0.15, -0.1) is 0 Å². The van der Waals surface area contributed by atoms with Gasteiger partial charge in [-0.1, -0.05) is 24.3 Å². The van der Waals surface area contributed by atoms with Gasteiger partial charge in [0.05, 0.1) is 11.3 Å². The van der Waals surface area contributed by atoms with Crippen LogP contribution in [0.1, 0.15) is 41.4 Å². The molecular formula is C28H17NO7. The Morgan fingerprint density at radius 2 is 1.42 bits per heavy atom. The van der Waals surface area contributed by atoms with E-state index in [2.05, 4.69) is 0 Å². The molecule has 0 saturated heterocycles. The Labute approximate surface area is 204 Å². The highest BCUT2D eigenvalue weighted by Gasteiger charge is 2.33. The molecule has 0 spiro atoms. The number of esters is 1. The zero-order chi connectivity index (χ0) is 24.8. The summed E-state index contributed by atoms with van der Waals surface area (Å²) in [6, 6.07) is 21.3. The summed E-state index contributed by atoms with van der Waals surface area (Å²) >= 11 is 0. The van der Waals surface area contributed by atoms with Crippen LogP contribution in [0.3, 0.4) is 0 Å². The van der Waals surface area contributed by atoms with Crippen LogP contribution >= 0.6 is 0 Å². The second kappa shape index (κ2) is 8.35. The van der Waals surface area contributed by atoms with Crippen LogP contribution in [-0.2, 0) is 4.74 Å². The van der Waals surface area contributed by atoms with Gasteiger partial charge in [-0.05, 0) is 60.0 Å². The van der Waals surface area contributed by atoms with Gasteiger partial charge in [0.1, 0.15) is 0 Å². The van der Waals surface area contributed by atoms with Crippen LogP contribution in [0.25, 0.3) is 10.8 Å². The lowest BCUT2D eigenvalue weighted by molar-refractivity contribution is 0.0474. The number of fused-ring (bicyclic) bond motifs is 1. The van der Waals surface area contributed by atoms with E-state index in [-0.39, 0.29) is 12.4 Å². The maximum absolute atomic E-state index is 13.2. The summed E-state index contributed by atoms with van der Waals surface area (Å²) in [4.78, 5) is 52.4. The molecule has 2 heterocycles. The van der Waals surface area contributed by atoms with Crippen molar-refractivity contribution in [2.75, 3.05) is 18.3 Å². The maximum atomic E-state index is 13.2. The first-order valence-electron chi connectivity index (χ1n) is 11.1. The van der Waals surface area contributed by atoms with Crippen molar-refractivity contribution in [1.82, 2.24) is 0 Å². The summed E-state index contributed by atoms with van der Waals surface area (Å²) in [6.45, 7) is -0.362. The minimum absolute atomic E-state index is 0.0920. The Hall–Kier alpha value is -4.98. The first kappa shape index (κ1) is 21.5. The molecule has 2 aliphatic rings. The van der Waals surface area contributed by atoms with Crippen LogP contribution in [0.4, 0.5) is 5.69 Å². The third kappa shape index (κ3) is 3.47. The number of ketones is 1. The average Bonchev–Trinajstić information content (AvgIpc) is 3.38. The lowest BCUT2D eigenvalue weighted by atomic mass is 9.94. The molecule has 6 rings (SSSR count). The van der Waals surface area contributed by atoms with Crippen molar-refractivity contribution >= 4 is 40.0 Å². The number of benzene rings is 4. The SMILES string of the molecule is O=C(COC(=O)c1ccc(N2C(=O)c3cccc4cccc(c34)C2=O)cc1)c1ccc2c(c1)OCO2. The largest absolute Gasteiger partial charge is 0.454 e. The Morgan fingerprint density at radius 1 is 0.778 bits per heavy atom. The predicted molar refractivity (Wildman–Crippen MR) is 129 cm³/mol. The number of carbonyl (C=O) groups is 4. The van der Waals surface area contributed by atoms with Crippen molar-refractivity contribution in [3.8, 4) is 11.5 Å². The summed E-state index contributed by atoms with van der Waals surface area (Å²) in [7, 11) is 0. The fourth-order valence-electron chi connectivity index (χ4n) is 4.38. The minimum Gasteiger partial charge on any atom is -0.454 e. The molecule has 0 radical (unpaired) electrons. The zero-order valence-electron chi connectivity index (χ0n) is 18.7. The summed E-state index contributed by atoms with van der Waals surface area (Å²) in [5.41, 5.74) is 1.71. The van der Waals surface area contributed by atoms with E-state index in [9.17, 15) is 19.2 Å².